The molecule has 0 radical (unpaired) electrons. The Balaban J connectivity index is 1.67. The summed E-state index contributed by atoms with van der Waals surface area (Å²) in [5.74, 6) is 6.20. The zero-order valence-corrected chi connectivity index (χ0v) is 16.0. The van der Waals surface area contributed by atoms with Crippen LogP contribution in [0.3, 0.4) is 0 Å². The topological polar surface area (TPSA) is 110 Å². The summed E-state index contributed by atoms with van der Waals surface area (Å²) < 4.78 is 1.27. The number of nitrogens with two attached hydrogens (primary N) is 1. The molecule has 0 aliphatic carbocycles. The van der Waals surface area contributed by atoms with E-state index in [-0.39, 0.29) is 11.7 Å². The van der Waals surface area contributed by atoms with Gasteiger partial charge in [-0.3, -0.25) is 4.79 Å². The average Bonchev–Trinajstić information content (AvgIpc) is 3.01. The van der Waals surface area contributed by atoms with Crippen molar-refractivity contribution in [2.75, 3.05) is 16.9 Å². The molecule has 0 saturated carbocycles. The van der Waals surface area contributed by atoms with E-state index >= 15 is 0 Å². The molecule has 0 aliphatic rings. The second-order valence-corrected chi connectivity index (χ2v) is 7.12. The summed E-state index contributed by atoms with van der Waals surface area (Å²) in [6.07, 6.45) is 0. The van der Waals surface area contributed by atoms with Gasteiger partial charge in [0.05, 0.1) is 22.4 Å². The number of halogens is 2. The molecule has 1 aromatic heterocycles. The number of nitrogens with zero attached hydrogens (tertiary/aromatic N) is 4. The van der Waals surface area contributed by atoms with Crippen LogP contribution in [0.15, 0.2) is 47.6 Å². The number of nitrogen functional groups attached to an aromatic ring is 1. The molecule has 3 N–H and O–H groups in total. The van der Waals surface area contributed by atoms with Gasteiger partial charge in [-0.1, -0.05) is 41.0 Å². The quantitative estimate of drug-likeness (QED) is 0.483. The number of amides is 1. The van der Waals surface area contributed by atoms with Crippen molar-refractivity contribution in [1.29, 1.82) is 5.26 Å². The van der Waals surface area contributed by atoms with E-state index in [0.717, 1.165) is 11.8 Å². The van der Waals surface area contributed by atoms with Gasteiger partial charge in [-0.05, 0) is 36.4 Å². The second-order valence-electron chi connectivity index (χ2n) is 5.33. The highest BCUT2D eigenvalue weighted by molar-refractivity contribution is 7.99. The summed E-state index contributed by atoms with van der Waals surface area (Å²) >= 11 is 13.2. The van der Waals surface area contributed by atoms with E-state index in [9.17, 15) is 4.79 Å². The van der Waals surface area contributed by atoms with Crippen molar-refractivity contribution in [2.24, 2.45) is 0 Å². The van der Waals surface area contributed by atoms with E-state index < -0.39 is 0 Å². The van der Waals surface area contributed by atoms with E-state index in [2.05, 4.69) is 15.5 Å². The van der Waals surface area contributed by atoms with E-state index in [1.807, 2.05) is 6.07 Å². The van der Waals surface area contributed by atoms with Crippen LogP contribution in [0.5, 0.6) is 0 Å². The number of thioether (sulfide) groups is 1. The number of aromatic nitrogens is 3. The molecule has 136 valence electrons. The van der Waals surface area contributed by atoms with Crippen molar-refractivity contribution in [3.8, 4) is 17.5 Å². The SMILES string of the molecule is N#Cc1cccc(NC(=O)CSc2nnc(-c3ccc(Cl)cc3Cl)n2N)c1. The van der Waals surface area contributed by atoms with Crippen LogP contribution in [0.2, 0.25) is 10.0 Å². The highest BCUT2D eigenvalue weighted by Gasteiger charge is 2.16. The molecule has 0 atom stereocenters. The Labute approximate surface area is 169 Å². The van der Waals surface area contributed by atoms with Crippen LogP contribution < -0.4 is 11.2 Å². The first-order chi connectivity index (χ1) is 13.0. The molecule has 7 nitrogen and oxygen atoms in total. The summed E-state index contributed by atoms with van der Waals surface area (Å²) in [5, 5.41) is 20.9. The van der Waals surface area contributed by atoms with Crippen LogP contribution in [-0.2, 0) is 4.79 Å². The Morgan fingerprint density at radius 1 is 1.26 bits per heavy atom. The lowest BCUT2D eigenvalue weighted by atomic mass is 10.2. The van der Waals surface area contributed by atoms with Crippen molar-refractivity contribution in [3.63, 3.8) is 0 Å². The molecule has 0 aliphatic heterocycles. The predicted octanol–water partition coefficient (Wildman–Crippen LogP) is 3.57. The standard InChI is InChI=1S/C17H12Cl2N6OS/c18-11-4-5-13(14(19)7-11)16-23-24-17(25(16)21)27-9-15(26)22-12-3-1-2-10(6-12)8-20/h1-7H,9,21H2,(H,22,26). The van der Waals surface area contributed by atoms with Gasteiger partial charge in [0.15, 0.2) is 5.82 Å². The molecule has 0 spiro atoms. The smallest absolute Gasteiger partial charge is 0.234 e. The average molecular weight is 419 g/mol. The van der Waals surface area contributed by atoms with Crippen molar-refractivity contribution in [1.82, 2.24) is 14.9 Å². The van der Waals surface area contributed by atoms with Crippen LogP contribution in [0.1, 0.15) is 5.56 Å². The number of nitriles is 1. The van der Waals surface area contributed by atoms with Crippen molar-refractivity contribution in [3.05, 3.63) is 58.1 Å². The van der Waals surface area contributed by atoms with Crippen LogP contribution >= 0.6 is 35.0 Å². The summed E-state index contributed by atoms with van der Waals surface area (Å²) in [6, 6.07) is 13.6. The molecule has 0 fully saturated rings. The number of hydrogen-bond donors (Lipinski definition) is 2. The minimum Gasteiger partial charge on any atom is -0.335 e. The molecular weight excluding hydrogens is 407 g/mol. The molecule has 0 bridgehead atoms. The summed E-state index contributed by atoms with van der Waals surface area (Å²) in [7, 11) is 0. The number of rotatable bonds is 5. The van der Waals surface area contributed by atoms with Gasteiger partial charge in [-0.2, -0.15) is 5.26 Å². The Hall–Kier alpha value is -2.73. The van der Waals surface area contributed by atoms with Gasteiger partial charge in [-0.25, -0.2) is 4.68 Å². The number of hydrogen-bond acceptors (Lipinski definition) is 6. The lowest BCUT2D eigenvalue weighted by Crippen LogP contribution is -2.16. The minimum atomic E-state index is -0.260. The van der Waals surface area contributed by atoms with Crippen molar-refractivity contribution in [2.45, 2.75) is 5.16 Å². The Kier molecular flexibility index (Phi) is 5.86. The Bertz CT molecular complexity index is 1050. The van der Waals surface area contributed by atoms with Gasteiger partial charge in [-0.15, -0.1) is 10.2 Å². The molecule has 27 heavy (non-hydrogen) atoms. The molecule has 3 rings (SSSR count). The van der Waals surface area contributed by atoms with Gasteiger partial charge in [0.1, 0.15) is 0 Å². The lowest BCUT2D eigenvalue weighted by molar-refractivity contribution is -0.113. The third-order valence-electron chi connectivity index (χ3n) is 3.44. The van der Waals surface area contributed by atoms with E-state index in [1.165, 1.54) is 4.68 Å². The molecule has 2 aromatic carbocycles. The predicted molar refractivity (Wildman–Crippen MR) is 106 cm³/mol. The molecule has 1 heterocycles. The molecule has 0 unspecified atom stereocenters. The Morgan fingerprint density at radius 2 is 2.07 bits per heavy atom. The summed E-state index contributed by atoms with van der Waals surface area (Å²) in [5.41, 5.74) is 1.59. The normalized spacial score (nSPS) is 10.4. The maximum atomic E-state index is 12.1. The number of anilines is 1. The highest BCUT2D eigenvalue weighted by Crippen LogP contribution is 2.30. The zero-order chi connectivity index (χ0) is 19.4. The molecule has 1 amide bonds. The Morgan fingerprint density at radius 3 is 2.81 bits per heavy atom. The van der Waals surface area contributed by atoms with E-state index in [4.69, 9.17) is 34.3 Å². The minimum absolute atomic E-state index is 0.0699. The van der Waals surface area contributed by atoms with E-state index in [0.29, 0.717) is 37.8 Å². The second kappa shape index (κ2) is 8.31. The largest absolute Gasteiger partial charge is 0.335 e. The van der Waals surface area contributed by atoms with E-state index in [1.54, 1.807) is 42.5 Å². The summed E-state index contributed by atoms with van der Waals surface area (Å²) in [6.45, 7) is 0. The number of nitrogens with one attached hydrogen (secondary N) is 1. The first-order valence-electron chi connectivity index (χ1n) is 7.56. The van der Waals surface area contributed by atoms with Gasteiger partial charge >= 0.3 is 0 Å². The van der Waals surface area contributed by atoms with Gasteiger partial charge < -0.3 is 11.2 Å². The first-order valence-corrected chi connectivity index (χ1v) is 9.31. The first kappa shape index (κ1) is 19.0. The number of carbonyl (C=O) groups is 1. The molecular formula is C17H12Cl2N6OS. The van der Waals surface area contributed by atoms with Crippen LogP contribution in [0.25, 0.3) is 11.4 Å². The number of benzene rings is 2. The zero-order valence-electron chi connectivity index (χ0n) is 13.7. The van der Waals surface area contributed by atoms with Crippen LogP contribution in [0.4, 0.5) is 5.69 Å². The molecule has 3 aromatic rings. The fourth-order valence-corrected chi connectivity index (χ4v) is 3.37. The monoisotopic (exact) mass is 418 g/mol. The third kappa shape index (κ3) is 4.52. The van der Waals surface area contributed by atoms with Crippen molar-refractivity contribution >= 4 is 46.6 Å². The fraction of sp³-hybridized carbons (Fsp3) is 0.0588. The highest BCUT2D eigenvalue weighted by atomic mass is 35.5. The van der Waals surface area contributed by atoms with Crippen molar-refractivity contribution < 1.29 is 4.79 Å². The maximum Gasteiger partial charge on any atom is 0.234 e. The molecule has 10 heteroatoms. The summed E-state index contributed by atoms with van der Waals surface area (Å²) in [4.78, 5) is 12.1. The van der Waals surface area contributed by atoms with Gasteiger partial charge in [0.2, 0.25) is 11.1 Å². The maximum absolute atomic E-state index is 12.1. The fourth-order valence-electron chi connectivity index (χ4n) is 2.22. The number of carbonyl (C=O) groups excluding carboxylic acids is 1. The van der Waals surface area contributed by atoms with Gasteiger partial charge in [0, 0.05) is 16.3 Å². The molecule has 0 saturated heterocycles. The third-order valence-corrected chi connectivity index (χ3v) is 4.94. The van der Waals surface area contributed by atoms with Crippen LogP contribution in [-0.4, -0.2) is 26.5 Å². The van der Waals surface area contributed by atoms with Crippen LogP contribution in [0, 0.1) is 11.3 Å². The lowest BCUT2D eigenvalue weighted by Gasteiger charge is -2.06. The van der Waals surface area contributed by atoms with Gasteiger partial charge in [0.25, 0.3) is 0 Å².